The number of likely N-dealkylation sites (N-methyl/N-ethyl adjacent to an activating group) is 1. The smallest absolute Gasteiger partial charge is 0.0112 e. The van der Waals surface area contributed by atoms with Crippen LogP contribution in [0, 0.1) is 12.3 Å². The number of nitrogens with zero attached hydrogens (tertiary/aromatic N) is 1. The third-order valence-electron chi connectivity index (χ3n) is 2.66. The van der Waals surface area contributed by atoms with Crippen molar-refractivity contribution in [2.45, 2.75) is 32.2 Å². The Morgan fingerprint density at radius 1 is 1.60 bits per heavy atom. The van der Waals surface area contributed by atoms with Gasteiger partial charge in [0.1, 0.15) is 0 Å². The van der Waals surface area contributed by atoms with Crippen molar-refractivity contribution < 1.29 is 0 Å². The van der Waals surface area contributed by atoms with Crippen molar-refractivity contribution in [2.75, 3.05) is 13.6 Å². The Hall–Kier alpha value is -0.780. The average molecular weight is 221 g/mol. The van der Waals surface area contributed by atoms with E-state index in [-0.39, 0.29) is 0 Å². The highest BCUT2D eigenvalue weighted by Gasteiger charge is 2.09. The summed E-state index contributed by atoms with van der Waals surface area (Å²) < 4.78 is 0. The molecule has 0 spiro atoms. The molecule has 2 heteroatoms. The van der Waals surface area contributed by atoms with Crippen molar-refractivity contribution in [1.29, 1.82) is 0 Å². The number of terminal acetylenes is 1. The normalized spacial score (nSPS) is 12.7. The fraction of sp³-hybridized carbons (Fsp3) is 0.538. The lowest BCUT2D eigenvalue weighted by Crippen LogP contribution is -2.31. The molecule has 1 heterocycles. The first-order valence-corrected chi connectivity index (χ1v) is 6.28. The molecule has 0 saturated carbocycles. The number of thiophene rings is 1. The summed E-state index contributed by atoms with van der Waals surface area (Å²) in [6.45, 7) is 3.37. The van der Waals surface area contributed by atoms with Gasteiger partial charge in [-0.05, 0) is 44.8 Å². The maximum atomic E-state index is 5.23. The SMILES string of the molecule is C#CCCCN(C)C(C)Cc1cccs1. The molecule has 15 heavy (non-hydrogen) atoms. The molecule has 0 aromatic carbocycles. The summed E-state index contributed by atoms with van der Waals surface area (Å²) >= 11 is 1.84. The van der Waals surface area contributed by atoms with E-state index in [0.29, 0.717) is 6.04 Å². The lowest BCUT2D eigenvalue weighted by Gasteiger charge is -2.23. The molecule has 1 atom stereocenters. The van der Waals surface area contributed by atoms with E-state index in [9.17, 15) is 0 Å². The lowest BCUT2D eigenvalue weighted by atomic mass is 10.1. The Balaban J connectivity index is 2.27. The molecule has 1 nitrogen and oxygen atoms in total. The summed E-state index contributed by atoms with van der Waals surface area (Å²) in [6, 6.07) is 4.92. The van der Waals surface area contributed by atoms with E-state index in [4.69, 9.17) is 6.42 Å². The van der Waals surface area contributed by atoms with Crippen LogP contribution < -0.4 is 0 Å². The molecule has 0 aliphatic rings. The molecule has 0 fully saturated rings. The molecule has 0 aliphatic carbocycles. The Morgan fingerprint density at radius 2 is 2.40 bits per heavy atom. The van der Waals surface area contributed by atoms with E-state index in [1.165, 1.54) is 4.88 Å². The van der Waals surface area contributed by atoms with Gasteiger partial charge in [-0.2, -0.15) is 0 Å². The molecule has 1 unspecified atom stereocenters. The van der Waals surface area contributed by atoms with Crippen molar-refractivity contribution in [2.24, 2.45) is 0 Å². The largest absolute Gasteiger partial charge is 0.303 e. The van der Waals surface area contributed by atoms with Crippen LogP contribution in [-0.2, 0) is 6.42 Å². The summed E-state index contributed by atoms with van der Waals surface area (Å²) in [5.41, 5.74) is 0. The second kappa shape index (κ2) is 6.66. The minimum absolute atomic E-state index is 0.599. The number of hydrogen-bond acceptors (Lipinski definition) is 2. The second-order valence-corrected chi connectivity index (χ2v) is 4.95. The van der Waals surface area contributed by atoms with Crippen LogP contribution in [0.4, 0.5) is 0 Å². The third-order valence-corrected chi connectivity index (χ3v) is 3.56. The maximum Gasteiger partial charge on any atom is 0.0112 e. The first-order valence-electron chi connectivity index (χ1n) is 5.40. The monoisotopic (exact) mass is 221 g/mol. The molecule has 0 saturated heterocycles. The molecule has 1 aromatic heterocycles. The molecule has 0 radical (unpaired) electrons. The molecule has 82 valence electrons. The van der Waals surface area contributed by atoms with E-state index >= 15 is 0 Å². The van der Waals surface area contributed by atoms with Crippen LogP contribution >= 0.6 is 11.3 Å². The zero-order chi connectivity index (χ0) is 11.1. The van der Waals surface area contributed by atoms with Gasteiger partial charge in [-0.25, -0.2) is 0 Å². The van der Waals surface area contributed by atoms with E-state index < -0.39 is 0 Å². The number of rotatable bonds is 6. The van der Waals surface area contributed by atoms with Gasteiger partial charge in [0.2, 0.25) is 0 Å². The third kappa shape index (κ3) is 4.51. The van der Waals surface area contributed by atoms with Gasteiger partial charge in [-0.3, -0.25) is 0 Å². The van der Waals surface area contributed by atoms with Crippen molar-refractivity contribution in [3.63, 3.8) is 0 Å². The van der Waals surface area contributed by atoms with Gasteiger partial charge in [-0.1, -0.05) is 6.07 Å². The standard InChI is InChI=1S/C13H19NS/c1-4-5-6-9-14(3)12(2)11-13-8-7-10-15-13/h1,7-8,10,12H,5-6,9,11H2,2-3H3. The topological polar surface area (TPSA) is 3.24 Å². The van der Waals surface area contributed by atoms with Gasteiger partial charge in [-0.15, -0.1) is 23.7 Å². The van der Waals surface area contributed by atoms with E-state index in [2.05, 4.69) is 42.3 Å². The molecule has 0 amide bonds. The Labute approximate surface area is 97.1 Å². The predicted octanol–water partition coefficient (Wildman–Crippen LogP) is 3.02. The Morgan fingerprint density at radius 3 is 3.00 bits per heavy atom. The summed E-state index contributed by atoms with van der Waals surface area (Å²) in [5, 5.41) is 2.14. The van der Waals surface area contributed by atoms with Crippen LogP contribution in [0.15, 0.2) is 17.5 Å². The van der Waals surface area contributed by atoms with E-state index in [0.717, 1.165) is 25.8 Å². The highest BCUT2D eigenvalue weighted by Crippen LogP contribution is 2.13. The van der Waals surface area contributed by atoms with Crippen LogP contribution in [0.25, 0.3) is 0 Å². The van der Waals surface area contributed by atoms with Crippen LogP contribution in [0.2, 0.25) is 0 Å². The van der Waals surface area contributed by atoms with Crippen LogP contribution in [0.5, 0.6) is 0 Å². The average Bonchev–Trinajstić information content (AvgIpc) is 2.70. The fourth-order valence-electron chi connectivity index (χ4n) is 1.53. The van der Waals surface area contributed by atoms with Crippen LogP contribution in [-0.4, -0.2) is 24.5 Å². The summed E-state index contributed by atoms with van der Waals surface area (Å²) in [4.78, 5) is 3.85. The number of hydrogen-bond donors (Lipinski definition) is 0. The predicted molar refractivity (Wildman–Crippen MR) is 68.2 cm³/mol. The first kappa shape index (κ1) is 12.3. The number of unbranched alkanes of at least 4 members (excludes halogenated alkanes) is 1. The van der Waals surface area contributed by atoms with Gasteiger partial charge < -0.3 is 4.90 Å². The summed E-state index contributed by atoms with van der Waals surface area (Å²) in [7, 11) is 2.18. The molecule has 0 bridgehead atoms. The summed E-state index contributed by atoms with van der Waals surface area (Å²) in [6.07, 6.45) is 8.36. The maximum absolute atomic E-state index is 5.23. The van der Waals surface area contributed by atoms with Gasteiger partial charge in [0.25, 0.3) is 0 Å². The quantitative estimate of drug-likeness (QED) is 0.527. The molecule has 0 aliphatic heterocycles. The van der Waals surface area contributed by atoms with Crippen LogP contribution in [0.3, 0.4) is 0 Å². The first-order chi connectivity index (χ1) is 7.24. The van der Waals surface area contributed by atoms with Crippen molar-refractivity contribution in [3.8, 4) is 12.3 Å². The molecular weight excluding hydrogens is 202 g/mol. The van der Waals surface area contributed by atoms with Crippen molar-refractivity contribution >= 4 is 11.3 Å². The lowest BCUT2D eigenvalue weighted by molar-refractivity contribution is 0.255. The van der Waals surface area contributed by atoms with Crippen molar-refractivity contribution in [3.05, 3.63) is 22.4 Å². The molecular formula is C13H19NS. The van der Waals surface area contributed by atoms with Gasteiger partial charge >= 0.3 is 0 Å². The zero-order valence-corrected chi connectivity index (χ0v) is 10.4. The van der Waals surface area contributed by atoms with Crippen molar-refractivity contribution in [1.82, 2.24) is 4.90 Å². The second-order valence-electron chi connectivity index (χ2n) is 3.92. The highest BCUT2D eigenvalue weighted by molar-refractivity contribution is 7.09. The fourth-order valence-corrected chi connectivity index (χ4v) is 2.35. The zero-order valence-electron chi connectivity index (χ0n) is 9.57. The Kier molecular flexibility index (Phi) is 5.45. The molecule has 0 N–H and O–H groups in total. The van der Waals surface area contributed by atoms with Gasteiger partial charge in [0, 0.05) is 17.3 Å². The van der Waals surface area contributed by atoms with Gasteiger partial charge in [0.15, 0.2) is 0 Å². The highest BCUT2D eigenvalue weighted by atomic mass is 32.1. The van der Waals surface area contributed by atoms with E-state index in [1.54, 1.807) is 0 Å². The van der Waals surface area contributed by atoms with E-state index in [1.807, 2.05) is 11.3 Å². The van der Waals surface area contributed by atoms with Gasteiger partial charge in [0.05, 0.1) is 0 Å². The minimum atomic E-state index is 0.599. The molecule has 1 aromatic rings. The summed E-state index contributed by atoms with van der Waals surface area (Å²) in [5.74, 6) is 2.68. The molecule has 1 rings (SSSR count). The Bertz CT molecular complexity index is 297. The minimum Gasteiger partial charge on any atom is -0.303 e. The van der Waals surface area contributed by atoms with Crippen LogP contribution in [0.1, 0.15) is 24.6 Å².